The topological polar surface area (TPSA) is 87.1 Å². The Bertz CT molecular complexity index is 409. The zero-order chi connectivity index (χ0) is 10.0. The number of benzene rings is 1. The highest BCUT2D eigenvalue weighted by atomic mass is 35.5. The molecule has 0 spiro atoms. The predicted octanol–water partition coefficient (Wildman–Crippen LogP) is 1.49. The zero-order valence-electron chi connectivity index (χ0n) is 6.41. The zero-order valence-corrected chi connectivity index (χ0v) is 7.17. The molecule has 5 heteroatoms. The van der Waals surface area contributed by atoms with E-state index in [1.165, 1.54) is 12.1 Å². The first kappa shape index (κ1) is 9.36. The van der Waals surface area contributed by atoms with Crippen molar-refractivity contribution in [2.75, 3.05) is 5.73 Å². The van der Waals surface area contributed by atoms with E-state index in [1.54, 1.807) is 6.07 Å². The summed E-state index contributed by atoms with van der Waals surface area (Å²) < 4.78 is 0. The first-order valence-corrected chi connectivity index (χ1v) is 3.67. The van der Waals surface area contributed by atoms with E-state index in [1.807, 2.05) is 0 Å². The van der Waals surface area contributed by atoms with Crippen molar-refractivity contribution in [3.8, 4) is 6.07 Å². The standard InChI is InChI=1S/C8H5ClN2O2/c9-5-1-2-6(11)7(8(12)13)4(5)3-10/h1-2H,11H2,(H,12,13). The van der Waals surface area contributed by atoms with Crippen molar-refractivity contribution in [2.24, 2.45) is 0 Å². The number of nitriles is 1. The molecular weight excluding hydrogens is 192 g/mol. The summed E-state index contributed by atoms with van der Waals surface area (Å²) in [6.07, 6.45) is 0. The molecular formula is C8H5ClN2O2. The van der Waals surface area contributed by atoms with Crippen LogP contribution in [0, 0.1) is 11.3 Å². The van der Waals surface area contributed by atoms with Crippen molar-refractivity contribution < 1.29 is 9.90 Å². The molecule has 0 aliphatic carbocycles. The fourth-order valence-corrected chi connectivity index (χ4v) is 1.13. The first-order chi connectivity index (χ1) is 6.07. The lowest BCUT2D eigenvalue weighted by atomic mass is 10.1. The van der Waals surface area contributed by atoms with E-state index in [4.69, 9.17) is 27.7 Å². The SMILES string of the molecule is N#Cc1c(Cl)ccc(N)c1C(=O)O. The Labute approximate surface area is 79.2 Å². The molecule has 0 unspecified atom stereocenters. The van der Waals surface area contributed by atoms with E-state index in [-0.39, 0.29) is 21.8 Å². The van der Waals surface area contributed by atoms with Gasteiger partial charge in [0.05, 0.1) is 10.6 Å². The van der Waals surface area contributed by atoms with Gasteiger partial charge >= 0.3 is 5.97 Å². The molecule has 0 saturated carbocycles. The molecule has 0 atom stereocenters. The molecule has 3 N–H and O–H groups in total. The number of nitrogen functional groups attached to an aromatic ring is 1. The fourth-order valence-electron chi connectivity index (χ4n) is 0.933. The Balaban J connectivity index is 3.55. The molecule has 0 heterocycles. The van der Waals surface area contributed by atoms with Crippen LogP contribution < -0.4 is 5.73 Å². The van der Waals surface area contributed by atoms with Crippen LogP contribution in [0.3, 0.4) is 0 Å². The molecule has 0 bridgehead atoms. The highest BCUT2D eigenvalue weighted by molar-refractivity contribution is 6.32. The third-order valence-electron chi connectivity index (χ3n) is 1.51. The summed E-state index contributed by atoms with van der Waals surface area (Å²) in [5.74, 6) is -1.25. The molecule has 1 aromatic rings. The van der Waals surface area contributed by atoms with Crippen LogP contribution in [0.5, 0.6) is 0 Å². The first-order valence-electron chi connectivity index (χ1n) is 3.29. The van der Waals surface area contributed by atoms with Gasteiger partial charge in [0.2, 0.25) is 0 Å². The molecule has 0 aliphatic rings. The van der Waals surface area contributed by atoms with Crippen LogP contribution in [0.25, 0.3) is 0 Å². The van der Waals surface area contributed by atoms with Gasteiger partial charge in [0, 0.05) is 5.69 Å². The number of hydrogen-bond acceptors (Lipinski definition) is 3. The van der Waals surface area contributed by atoms with Crippen molar-refractivity contribution in [3.63, 3.8) is 0 Å². The summed E-state index contributed by atoms with van der Waals surface area (Å²) >= 11 is 5.60. The maximum absolute atomic E-state index is 10.7. The largest absolute Gasteiger partial charge is 0.478 e. The van der Waals surface area contributed by atoms with Gasteiger partial charge in [0.25, 0.3) is 0 Å². The van der Waals surface area contributed by atoms with Gasteiger partial charge in [-0.1, -0.05) is 11.6 Å². The lowest BCUT2D eigenvalue weighted by molar-refractivity contribution is 0.0697. The molecule has 0 aromatic heterocycles. The second-order valence-corrected chi connectivity index (χ2v) is 2.71. The Morgan fingerprint density at radius 1 is 1.62 bits per heavy atom. The Hall–Kier alpha value is -1.73. The number of hydrogen-bond donors (Lipinski definition) is 2. The van der Waals surface area contributed by atoms with E-state index in [0.29, 0.717) is 0 Å². The Morgan fingerprint density at radius 2 is 2.23 bits per heavy atom. The summed E-state index contributed by atoms with van der Waals surface area (Å²) in [5, 5.41) is 17.4. The van der Waals surface area contributed by atoms with Crippen LogP contribution in [0.4, 0.5) is 5.69 Å². The second-order valence-electron chi connectivity index (χ2n) is 2.30. The van der Waals surface area contributed by atoms with Gasteiger partial charge in [-0.15, -0.1) is 0 Å². The van der Waals surface area contributed by atoms with Gasteiger partial charge in [-0.25, -0.2) is 4.79 Å². The average Bonchev–Trinajstić information content (AvgIpc) is 2.07. The third-order valence-corrected chi connectivity index (χ3v) is 1.83. The summed E-state index contributed by atoms with van der Waals surface area (Å²) in [4.78, 5) is 10.7. The molecule has 0 aliphatic heterocycles. The molecule has 1 rings (SSSR count). The van der Waals surface area contributed by atoms with Crippen molar-refractivity contribution in [1.82, 2.24) is 0 Å². The summed E-state index contributed by atoms with van der Waals surface area (Å²) in [6.45, 7) is 0. The minimum absolute atomic E-state index is 0.0356. The molecule has 13 heavy (non-hydrogen) atoms. The van der Waals surface area contributed by atoms with Gasteiger partial charge < -0.3 is 10.8 Å². The van der Waals surface area contributed by atoms with Crippen LogP contribution >= 0.6 is 11.6 Å². The van der Waals surface area contributed by atoms with Crippen LogP contribution in [0.2, 0.25) is 5.02 Å². The monoisotopic (exact) mass is 196 g/mol. The number of halogens is 1. The van der Waals surface area contributed by atoms with Gasteiger partial charge in [0.1, 0.15) is 11.6 Å². The normalized spacial score (nSPS) is 9.23. The number of aromatic carboxylic acids is 1. The van der Waals surface area contributed by atoms with Crippen LogP contribution in [-0.2, 0) is 0 Å². The Kier molecular flexibility index (Phi) is 2.40. The van der Waals surface area contributed by atoms with E-state index >= 15 is 0 Å². The Morgan fingerprint density at radius 3 is 2.62 bits per heavy atom. The lowest BCUT2D eigenvalue weighted by Gasteiger charge is -2.03. The second kappa shape index (κ2) is 3.33. The van der Waals surface area contributed by atoms with Gasteiger partial charge in [-0.2, -0.15) is 5.26 Å². The maximum Gasteiger partial charge on any atom is 0.339 e. The number of nitrogens with two attached hydrogens (primary N) is 1. The molecule has 4 nitrogen and oxygen atoms in total. The van der Waals surface area contributed by atoms with Gasteiger partial charge in [0.15, 0.2) is 0 Å². The van der Waals surface area contributed by atoms with E-state index in [9.17, 15) is 4.79 Å². The minimum atomic E-state index is -1.25. The average molecular weight is 197 g/mol. The molecule has 0 amide bonds. The number of rotatable bonds is 1. The molecule has 0 saturated heterocycles. The fraction of sp³-hybridized carbons (Fsp3) is 0. The maximum atomic E-state index is 10.7. The highest BCUT2D eigenvalue weighted by Gasteiger charge is 2.16. The highest BCUT2D eigenvalue weighted by Crippen LogP contribution is 2.24. The van der Waals surface area contributed by atoms with Crippen LogP contribution in [0.15, 0.2) is 12.1 Å². The summed E-state index contributed by atoms with van der Waals surface area (Å²) in [6, 6.07) is 4.44. The number of carboxylic acid groups (broad SMARTS) is 1. The third kappa shape index (κ3) is 1.55. The quantitative estimate of drug-likeness (QED) is 0.667. The lowest BCUT2D eigenvalue weighted by Crippen LogP contribution is -2.05. The van der Waals surface area contributed by atoms with Crippen molar-refractivity contribution in [1.29, 1.82) is 5.26 Å². The van der Waals surface area contributed by atoms with Crippen LogP contribution in [-0.4, -0.2) is 11.1 Å². The van der Waals surface area contributed by atoms with Gasteiger partial charge in [-0.05, 0) is 12.1 Å². The summed E-state index contributed by atoms with van der Waals surface area (Å²) in [5.41, 5.74) is 5.07. The van der Waals surface area contributed by atoms with Crippen LogP contribution in [0.1, 0.15) is 15.9 Å². The molecule has 66 valence electrons. The number of carboxylic acids is 1. The number of carbonyl (C=O) groups is 1. The van der Waals surface area contributed by atoms with E-state index in [0.717, 1.165) is 0 Å². The predicted molar refractivity (Wildman–Crippen MR) is 47.5 cm³/mol. The smallest absolute Gasteiger partial charge is 0.339 e. The number of anilines is 1. The molecule has 0 radical (unpaired) electrons. The van der Waals surface area contributed by atoms with Crippen molar-refractivity contribution in [3.05, 3.63) is 28.3 Å². The number of nitrogens with zero attached hydrogens (tertiary/aromatic N) is 1. The molecule has 1 aromatic carbocycles. The van der Waals surface area contributed by atoms with E-state index < -0.39 is 5.97 Å². The minimum Gasteiger partial charge on any atom is -0.478 e. The summed E-state index contributed by atoms with van der Waals surface area (Å²) in [7, 11) is 0. The van der Waals surface area contributed by atoms with E-state index in [2.05, 4.69) is 0 Å². The van der Waals surface area contributed by atoms with Crippen molar-refractivity contribution in [2.45, 2.75) is 0 Å². The van der Waals surface area contributed by atoms with Gasteiger partial charge in [-0.3, -0.25) is 0 Å². The molecule has 0 fully saturated rings. The van der Waals surface area contributed by atoms with Crippen molar-refractivity contribution >= 4 is 23.3 Å².